The number of anilines is 2. The number of nitrogens with zero attached hydrogens (tertiary/aromatic N) is 4. The van der Waals surface area contributed by atoms with Crippen LogP contribution in [0.5, 0.6) is 11.5 Å². The summed E-state index contributed by atoms with van der Waals surface area (Å²) in [6.45, 7) is 4.56. The van der Waals surface area contributed by atoms with Crippen LogP contribution in [-0.4, -0.2) is 68.7 Å². The van der Waals surface area contributed by atoms with Crippen molar-refractivity contribution >= 4 is 45.9 Å². The number of methoxy groups -OCH3 is 2. The maximum Gasteiger partial charge on any atom is 0.220 e. The van der Waals surface area contributed by atoms with E-state index in [1.165, 1.54) is 33.5 Å². The molecule has 3 aromatic rings. The van der Waals surface area contributed by atoms with E-state index in [1.807, 2.05) is 6.07 Å². The van der Waals surface area contributed by atoms with Crippen LogP contribution in [0.2, 0.25) is 10.0 Å². The molecule has 0 bridgehead atoms. The average Bonchev–Trinajstić information content (AvgIpc) is 2.90. The summed E-state index contributed by atoms with van der Waals surface area (Å²) in [4.78, 5) is 15.5. The molecule has 0 unspecified atom stereocenters. The number of benzene rings is 1. The van der Waals surface area contributed by atoms with Gasteiger partial charge in [-0.25, -0.2) is 15.0 Å². The van der Waals surface area contributed by atoms with Gasteiger partial charge in [0.25, 0.3) is 0 Å². The van der Waals surface area contributed by atoms with Crippen molar-refractivity contribution in [3.63, 3.8) is 0 Å². The summed E-state index contributed by atoms with van der Waals surface area (Å²) in [5, 5.41) is 1.45. The second kappa shape index (κ2) is 11.9. The summed E-state index contributed by atoms with van der Waals surface area (Å²) in [5.74, 6) is 1.72. The Balaban J connectivity index is 0.000000421. The molecule has 11 heteroatoms. The molecule has 5 rings (SSSR count). The van der Waals surface area contributed by atoms with E-state index in [0.29, 0.717) is 70.4 Å². The first kappa shape index (κ1) is 25.5. The Labute approximate surface area is 214 Å². The number of ether oxygens (including phenoxy) is 4. The molecule has 0 saturated carbocycles. The summed E-state index contributed by atoms with van der Waals surface area (Å²) in [6, 6.07) is 3.46. The molecule has 2 aliphatic rings. The largest absolute Gasteiger partial charge is 0.495 e. The maximum atomic E-state index is 6.60. The van der Waals surface area contributed by atoms with Crippen molar-refractivity contribution in [3.8, 4) is 22.8 Å². The first-order valence-corrected chi connectivity index (χ1v) is 12.2. The van der Waals surface area contributed by atoms with Crippen molar-refractivity contribution < 1.29 is 18.9 Å². The Morgan fingerprint density at radius 2 is 1.51 bits per heavy atom. The lowest BCUT2D eigenvalue weighted by atomic mass is 10.1. The van der Waals surface area contributed by atoms with E-state index in [0.717, 1.165) is 18.6 Å². The molecule has 2 fully saturated rings. The van der Waals surface area contributed by atoms with Crippen LogP contribution in [0.25, 0.3) is 22.2 Å². The molecular weight excluding hydrogens is 493 g/mol. The molecule has 0 amide bonds. The van der Waals surface area contributed by atoms with Gasteiger partial charge >= 0.3 is 0 Å². The van der Waals surface area contributed by atoms with Gasteiger partial charge in [0.15, 0.2) is 5.82 Å². The zero-order valence-corrected chi connectivity index (χ0v) is 21.4. The highest BCUT2D eigenvalue weighted by atomic mass is 35.5. The number of pyridine rings is 1. The number of hydrogen-bond donors (Lipinski definition) is 1. The SMILES string of the molecule is C1CCOCC1.COc1cc(OC)c(Cl)c(-c2cc3cnc(N)nc3c(N3CCOCC3)n2)c1Cl. The molecule has 2 aromatic heterocycles. The van der Waals surface area contributed by atoms with Crippen molar-refractivity contribution in [1.29, 1.82) is 0 Å². The van der Waals surface area contributed by atoms with Gasteiger partial charge in [-0.2, -0.15) is 0 Å². The molecule has 4 heterocycles. The quantitative estimate of drug-likeness (QED) is 0.526. The molecule has 2 aliphatic heterocycles. The van der Waals surface area contributed by atoms with Crippen LogP contribution in [0, 0.1) is 0 Å². The Hall–Kier alpha value is -2.59. The zero-order valence-electron chi connectivity index (χ0n) is 19.9. The van der Waals surface area contributed by atoms with Crippen LogP contribution in [0.15, 0.2) is 18.3 Å². The van der Waals surface area contributed by atoms with E-state index in [1.54, 1.807) is 12.3 Å². The van der Waals surface area contributed by atoms with Gasteiger partial charge in [0.1, 0.15) is 17.0 Å². The normalized spacial score (nSPS) is 15.9. The molecule has 1 aromatic carbocycles. The number of aromatic nitrogens is 3. The first-order valence-electron chi connectivity index (χ1n) is 11.5. The van der Waals surface area contributed by atoms with E-state index in [9.17, 15) is 0 Å². The van der Waals surface area contributed by atoms with Crippen molar-refractivity contribution in [3.05, 3.63) is 28.4 Å². The highest BCUT2D eigenvalue weighted by Gasteiger charge is 2.23. The molecule has 35 heavy (non-hydrogen) atoms. The topological polar surface area (TPSA) is 105 Å². The van der Waals surface area contributed by atoms with E-state index in [2.05, 4.69) is 14.9 Å². The minimum Gasteiger partial charge on any atom is -0.495 e. The number of hydrogen-bond acceptors (Lipinski definition) is 9. The number of nitrogens with two attached hydrogens (primary N) is 1. The molecular formula is C24H29Cl2N5O4. The highest BCUT2D eigenvalue weighted by molar-refractivity contribution is 6.41. The Morgan fingerprint density at radius 1 is 0.886 bits per heavy atom. The molecule has 9 nitrogen and oxygen atoms in total. The predicted molar refractivity (Wildman–Crippen MR) is 138 cm³/mol. The van der Waals surface area contributed by atoms with Gasteiger partial charge in [0.05, 0.1) is 43.2 Å². The molecule has 2 N–H and O–H groups in total. The lowest BCUT2D eigenvalue weighted by Crippen LogP contribution is -2.37. The standard InChI is InChI=1S/C19H19Cl2N5O3.C5H10O/c1-27-12-8-13(28-2)16(21)14(15(12)20)11-7-10-9-23-19(22)25-17(10)18(24-11)26-3-5-29-6-4-26;1-2-4-6-5-3-1/h7-9H,3-6H2,1-2H3,(H2,22,23,25);1-5H2. The summed E-state index contributed by atoms with van der Waals surface area (Å²) in [6.07, 6.45) is 5.59. The first-order chi connectivity index (χ1) is 17.0. The number of fused-ring (bicyclic) bond motifs is 1. The van der Waals surface area contributed by atoms with Gasteiger partial charge in [-0.3, -0.25) is 0 Å². The molecule has 0 radical (unpaired) electrons. The second-order valence-electron chi connectivity index (χ2n) is 8.05. The second-order valence-corrected chi connectivity index (χ2v) is 8.81. The van der Waals surface area contributed by atoms with Crippen LogP contribution in [0.1, 0.15) is 19.3 Å². The van der Waals surface area contributed by atoms with Crippen LogP contribution >= 0.6 is 23.2 Å². The molecule has 2 saturated heterocycles. The van der Waals surface area contributed by atoms with Gasteiger partial charge in [0.2, 0.25) is 5.95 Å². The number of rotatable bonds is 4. The Morgan fingerprint density at radius 3 is 2.06 bits per heavy atom. The van der Waals surface area contributed by atoms with Crippen LogP contribution in [0.4, 0.5) is 11.8 Å². The number of morpholine rings is 1. The van der Waals surface area contributed by atoms with Crippen LogP contribution < -0.4 is 20.1 Å². The fourth-order valence-corrected chi connectivity index (χ4v) is 4.65. The predicted octanol–water partition coefficient (Wildman–Crippen LogP) is 4.62. The minimum absolute atomic E-state index is 0.181. The molecule has 188 valence electrons. The van der Waals surface area contributed by atoms with Crippen molar-refractivity contribution in [2.24, 2.45) is 0 Å². The molecule has 0 spiro atoms. The minimum atomic E-state index is 0.181. The summed E-state index contributed by atoms with van der Waals surface area (Å²) >= 11 is 13.2. The number of nitrogen functional groups attached to an aromatic ring is 1. The van der Waals surface area contributed by atoms with E-state index in [-0.39, 0.29) is 5.95 Å². The lowest BCUT2D eigenvalue weighted by Gasteiger charge is -2.29. The smallest absolute Gasteiger partial charge is 0.220 e. The fourth-order valence-electron chi connectivity index (χ4n) is 3.96. The van der Waals surface area contributed by atoms with Gasteiger partial charge in [-0.05, 0) is 25.3 Å². The monoisotopic (exact) mass is 521 g/mol. The fraction of sp³-hybridized carbons (Fsp3) is 0.458. The Bertz CT molecular complexity index is 1130. The van der Waals surface area contributed by atoms with Crippen molar-refractivity contribution in [2.75, 3.05) is 64.4 Å². The van der Waals surface area contributed by atoms with E-state index >= 15 is 0 Å². The molecule has 0 aliphatic carbocycles. The third kappa shape index (κ3) is 5.81. The van der Waals surface area contributed by atoms with E-state index in [4.69, 9.17) is 52.9 Å². The van der Waals surface area contributed by atoms with E-state index < -0.39 is 0 Å². The number of halogens is 2. The average molecular weight is 522 g/mol. The summed E-state index contributed by atoms with van der Waals surface area (Å²) in [7, 11) is 3.06. The third-order valence-corrected chi connectivity index (χ3v) is 6.53. The van der Waals surface area contributed by atoms with Gasteiger partial charge in [-0.15, -0.1) is 0 Å². The summed E-state index contributed by atoms with van der Waals surface area (Å²) < 4.78 is 21.3. The zero-order chi connectivity index (χ0) is 24.8. The maximum absolute atomic E-state index is 6.60. The van der Waals surface area contributed by atoms with Gasteiger partial charge in [-0.1, -0.05) is 23.2 Å². The van der Waals surface area contributed by atoms with Gasteiger partial charge < -0.3 is 29.6 Å². The van der Waals surface area contributed by atoms with Crippen LogP contribution in [0.3, 0.4) is 0 Å². The highest BCUT2D eigenvalue weighted by Crippen LogP contribution is 2.46. The third-order valence-electron chi connectivity index (χ3n) is 5.78. The van der Waals surface area contributed by atoms with Crippen LogP contribution in [-0.2, 0) is 9.47 Å². The summed E-state index contributed by atoms with van der Waals surface area (Å²) in [5.41, 5.74) is 7.55. The molecule has 0 atom stereocenters. The van der Waals surface area contributed by atoms with Gasteiger partial charge in [0, 0.05) is 49.5 Å². The van der Waals surface area contributed by atoms with Crippen molar-refractivity contribution in [1.82, 2.24) is 15.0 Å². The lowest BCUT2D eigenvalue weighted by molar-refractivity contribution is 0.0968. The Kier molecular flexibility index (Phi) is 8.67. The van der Waals surface area contributed by atoms with Crippen molar-refractivity contribution in [2.45, 2.75) is 19.3 Å².